The lowest BCUT2D eigenvalue weighted by Crippen LogP contribution is -2.32. The number of benzene rings is 2. The zero-order valence-corrected chi connectivity index (χ0v) is 17.9. The Labute approximate surface area is 180 Å². The van der Waals surface area contributed by atoms with E-state index in [2.05, 4.69) is 20.9 Å². The molecule has 2 aromatic carbocycles. The smallest absolute Gasteiger partial charge is 0.323 e. The van der Waals surface area contributed by atoms with Crippen molar-refractivity contribution in [3.63, 3.8) is 0 Å². The third kappa shape index (κ3) is 5.55. The molecule has 0 atom stereocenters. The van der Waals surface area contributed by atoms with Gasteiger partial charge in [-0.3, -0.25) is 4.79 Å². The quantitative estimate of drug-likeness (QED) is 0.591. The van der Waals surface area contributed by atoms with Crippen LogP contribution in [0.2, 0.25) is 10.0 Å². The molecule has 1 aliphatic heterocycles. The molecule has 0 aromatic heterocycles. The molecule has 8 heteroatoms. The monoisotopic (exact) mass is 434 g/mol. The van der Waals surface area contributed by atoms with Gasteiger partial charge in [0.25, 0.3) is 5.91 Å². The number of urea groups is 1. The Morgan fingerprint density at radius 2 is 1.72 bits per heavy atom. The van der Waals surface area contributed by atoms with E-state index in [0.717, 1.165) is 31.6 Å². The van der Waals surface area contributed by atoms with Crippen LogP contribution in [0.1, 0.15) is 37.0 Å². The maximum atomic E-state index is 12.7. The molecule has 3 amide bonds. The summed E-state index contributed by atoms with van der Waals surface area (Å²) in [5.74, 6) is -0.160. The molecule has 1 aliphatic rings. The molecule has 3 N–H and O–H groups in total. The molecule has 1 fully saturated rings. The van der Waals surface area contributed by atoms with Crippen molar-refractivity contribution in [2.24, 2.45) is 0 Å². The fraction of sp³-hybridized carbons (Fsp3) is 0.333. The highest BCUT2D eigenvalue weighted by molar-refractivity contribution is 6.36. The number of nitrogens with one attached hydrogen (secondary N) is 3. The summed E-state index contributed by atoms with van der Waals surface area (Å²) in [4.78, 5) is 27.3. The largest absolute Gasteiger partial charge is 0.371 e. The third-order valence-corrected chi connectivity index (χ3v) is 5.09. The van der Waals surface area contributed by atoms with E-state index in [4.69, 9.17) is 23.2 Å². The molecule has 0 aliphatic carbocycles. The highest BCUT2D eigenvalue weighted by Crippen LogP contribution is 2.29. The highest BCUT2D eigenvalue weighted by Gasteiger charge is 2.21. The maximum Gasteiger partial charge on any atom is 0.323 e. The number of nitrogens with zero attached hydrogens (tertiary/aromatic N) is 1. The van der Waals surface area contributed by atoms with Gasteiger partial charge in [-0.05, 0) is 63.1 Å². The summed E-state index contributed by atoms with van der Waals surface area (Å²) in [5.41, 5.74) is 2.39. The van der Waals surface area contributed by atoms with Crippen molar-refractivity contribution in [2.75, 3.05) is 28.6 Å². The maximum absolute atomic E-state index is 12.7. The standard InChI is InChI=1S/C21H24Cl2N4O2/c1-13(2)24-20(28)16-12-15(6-8-19(16)27-9-3-4-10-27)25-21(29)26-18-7-5-14(22)11-17(18)23/h5-8,11-13H,3-4,9-10H2,1-2H3,(H,24,28)(H2,25,26,29). The Kier molecular flexibility index (Phi) is 6.87. The van der Waals surface area contributed by atoms with E-state index in [-0.39, 0.29) is 11.9 Å². The average molecular weight is 435 g/mol. The van der Waals surface area contributed by atoms with Gasteiger partial charge >= 0.3 is 6.03 Å². The van der Waals surface area contributed by atoms with E-state index < -0.39 is 6.03 Å². The summed E-state index contributed by atoms with van der Waals surface area (Å²) < 4.78 is 0. The van der Waals surface area contributed by atoms with Gasteiger partial charge in [-0.1, -0.05) is 23.2 Å². The molecule has 1 heterocycles. The van der Waals surface area contributed by atoms with Crippen molar-refractivity contribution in [2.45, 2.75) is 32.7 Å². The molecule has 0 saturated carbocycles. The zero-order valence-electron chi connectivity index (χ0n) is 16.4. The van der Waals surface area contributed by atoms with Crippen LogP contribution in [0, 0.1) is 0 Å². The second-order valence-corrected chi connectivity index (χ2v) is 8.10. The van der Waals surface area contributed by atoms with Gasteiger partial charge in [0, 0.05) is 35.5 Å². The molecule has 29 heavy (non-hydrogen) atoms. The number of anilines is 3. The van der Waals surface area contributed by atoms with Crippen molar-refractivity contribution in [1.82, 2.24) is 5.32 Å². The van der Waals surface area contributed by atoms with Crippen LogP contribution >= 0.6 is 23.2 Å². The van der Waals surface area contributed by atoms with E-state index in [1.165, 1.54) is 0 Å². The van der Waals surface area contributed by atoms with E-state index in [1.54, 1.807) is 30.3 Å². The van der Waals surface area contributed by atoms with Crippen LogP contribution in [0.5, 0.6) is 0 Å². The number of hydrogen-bond donors (Lipinski definition) is 3. The Morgan fingerprint density at radius 3 is 2.38 bits per heavy atom. The topological polar surface area (TPSA) is 73.5 Å². The van der Waals surface area contributed by atoms with E-state index in [9.17, 15) is 9.59 Å². The lowest BCUT2D eigenvalue weighted by molar-refractivity contribution is 0.0943. The molecule has 3 rings (SSSR count). The summed E-state index contributed by atoms with van der Waals surface area (Å²) in [6.07, 6.45) is 2.21. The average Bonchev–Trinajstić information content (AvgIpc) is 3.18. The molecule has 2 aromatic rings. The second kappa shape index (κ2) is 9.37. The molecule has 0 bridgehead atoms. The Bertz CT molecular complexity index is 912. The number of amides is 3. The van der Waals surface area contributed by atoms with E-state index in [1.807, 2.05) is 19.9 Å². The van der Waals surface area contributed by atoms with Gasteiger partial charge in [-0.25, -0.2) is 4.79 Å². The molecule has 6 nitrogen and oxygen atoms in total. The Hall–Kier alpha value is -2.44. The lowest BCUT2D eigenvalue weighted by atomic mass is 10.1. The summed E-state index contributed by atoms with van der Waals surface area (Å²) in [7, 11) is 0. The van der Waals surface area contributed by atoms with Crippen LogP contribution in [0.4, 0.5) is 21.9 Å². The van der Waals surface area contributed by atoms with Crippen molar-refractivity contribution in [3.05, 3.63) is 52.0 Å². The molecule has 0 spiro atoms. The molecule has 0 unspecified atom stereocenters. The van der Waals surface area contributed by atoms with Gasteiger partial charge in [0.1, 0.15) is 0 Å². The van der Waals surface area contributed by atoms with Crippen LogP contribution in [0.15, 0.2) is 36.4 Å². The fourth-order valence-electron chi connectivity index (χ4n) is 3.24. The van der Waals surface area contributed by atoms with Crippen LogP contribution in [0.3, 0.4) is 0 Å². The van der Waals surface area contributed by atoms with E-state index in [0.29, 0.717) is 27.0 Å². The minimum atomic E-state index is -0.460. The Balaban J connectivity index is 1.79. The number of halogens is 2. The summed E-state index contributed by atoms with van der Waals surface area (Å²) >= 11 is 12.0. The number of rotatable bonds is 5. The molecule has 154 valence electrons. The Morgan fingerprint density at radius 1 is 1.00 bits per heavy atom. The van der Waals surface area contributed by atoms with Gasteiger partial charge < -0.3 is 20.9 Å². The van der Waals surface area contributed by atoms with Crippen LogP contribution in [0.25, 0.3) is 0 Å². The van der Waals surface area contributed by atoms with Gasteiger partial charge in [-0.15, -0.1) is 0 Å². The zero-order chi connectivity index (χ0) is 21.0. The first-order chi connectivity index (χ1) is 13.8. The number of hydrogen-bond acceptors (Lipinski definition) is 3. The minimum Gasteiger partial charge on any atom is -0.371 e. The van der Waals surface area contributed by atoms with Gasteiger partial charge in [0.05, 0.1) is 16.3 Å². The first-order valence-electron chi connectivity index (χ1n) is 9.56. The summed E-state index contributed by atoms with van der Waals surface area (Å²) in [6, 6.07) is 9.75. The van der Waals surface area contributed by atoms with Crippen molar-refractivity contribution < 1.29 is 9.59 Å². The number of carbonyl (C=O) groups excluding carboxylic acids is 2. The normalized spacial score (nSPS) is 13.5. The van der Waals surface area contributed by atoms with Gasteiger partial charge in [-0.2, -0.15) is 0 Å². The SMILES string of the molecule is CC(C)NC(=O)c1cc(NC(=O)Nc2ccc(Cl)cc2Cl)ccc1N1CCCC1. The highest BCUT2D eigenvalue weighted by atomic mass is 35.5. The van der Waals surface area contributed by atoms with Crippen LogP contribution in [-0.4, -0.2) is 31.1 Å². The molecular weight excluding hydrogens is 411 g/mol. The van der Waals surface area contributed by atoms with Gasteiger partial charge in [0.2, 0.25) is 0 Å². The predicted octanol–water partition coefficient (Wildman–Crippen LogP) is 5.38. The minimum absolute atomic E-state index is 0.0147. The third-order valence-electron chi connectivity index (χ3n) is 4.54. The van der Waals surface area contributed by atoms with Crippen LogP contribution in [-0.2, 0) is 0 Å². The van der Waals surface area contributed by atoms with Crippen molar-refractivity contribution in [1.29, 1.82) is 0 Å². The van der Waals surface area contributed by atoms with Crippen molar-refractivity contribution >= 4 is 52.2 Å². The van der Waals surface area contributed by atoms with Gasteiger partial charge in [0.15, 0.2) is 0 Å². The lowest BCUT2D eigenvalue weighted by Gasteiger charge is -2.22. The van der Waals surface area contributed by atoms with Crippen molar-refractivity contribution in [3.8, 4) is 0 Å². The fourth-order valence-corrected chi connectivity index (χ4v) is 3.70. The first kappa shape index (κ1) is 21.3. The van der Waals surface area contributed by atoms with Crippen LogP contribution < -0.4 is 20.9 Å². The summed E-state index contributed by atoms with van der Waals surface area (Å²) in [6.45, 7) is 5.67. The first-order valence-corrected chi connectivity index (χ1v) is 10.3. The predicted molar refractivity (Wildman–Crippen MR) is 120 cm³/mol. The molecular formula is C21H24Cl2N4O2. The number of carbonyl (C=O) groups is 2. The summed E-state index contributed by atoms with van der Waals surface area (Å²) in [5, 5.41) is 9.20. The molecule has 0 radical (unpaired) electrons. The second-order valence-electron chi connectivity index (χ2n) is 7.26. The molecule has 1 saturated heterocycles. The van der Waals surface area contributed by atoms with E-state index >= 15 is 0 Å².